The number of aliphatic hydroxyl groups is 1. The average Bonchev–Trinajstić information content (AvgIpc) is 2.55. The molecule has 4 nitrogen and oxygen atoms in total. The molecule has 72 valence electrons. The molecular weight excluding hydrogens is 202 g/mol. The Balaban J connectivity index is 2.81. The minimum Gasteiger partial charge on any atom is -0.391 e. The van der Waals surface area contributed by atoms with Crippen molar-refractivity contribution in [3.8, 4) is 0 Å². The molecular formula is C9H7NO3S. The van der Waals surface area contributed by atoms with Crippen LogP contribution in [0.25, 0.3) is 10.1 Å². The van der Waals surface area contributed by atoms with Crippen LogP contribution in [0.2, 0.25) is 0 Å². The largest absolute Gasteiger partial charge is 0.391 e. The van der Waals surface area contributed by atoms with Crippen molar-refractivity contribution >= 4 is 27.1 Å². The van der Waals surface area contributed by atoms with E-state index in [2.05, 4.69) is 0 Å². The summed E-state index contributed by atoms with van der Waals surface area (Å²) in [4.78, 5) is 10.7. The molecule has 1 aromatic heterocycles. The van der Waals surface area contributed by atoms with Crippen molar-refractivity contribution < 1.29 is 10.0 Å². The minimum atomic E-state index is -0.440. The summed E-state index contributed by atoms with van der Waals surface area (Å²) in [5.41, 5.74) is 0.0353. The Morgan fingerprint density at radius 1 is 1.43 bits per heavy atom. The molecule has 14 heavy (non-hydrogen) atoms. The SMILES string of the molecule is O=[N+]([O-])c1c(CO)sc2ccccc12. The maximum absolute atomic E-state index is 10.8. The first-order chi connectivity index (χ1) is 6.74. The maximum Gasteiger partial charge on any atom is 0.293 e. The van der Waals surface area contributed by atoms with Gasteiger partial charge in [0, 0.05) is 4.70 Å². The summed E-state index contributed by atoms with van der Waals surface area (Å²) in [5.74, 6) is 0. The van der Waals surface area contributed by atoms with Crippen molar-refractivity contribution in [2.75, 3.05) is 0 Å². The highest BCUT2D eigenvalue weighted by Gasteiger charge is 2.20. The zero-order valence-corrected chi connectivity index (χ0v) is 7.95. The summed E-state index contributed by atoms with van der Waals surface area (Å²) in [7, 11) is 0. The molecule has 1 aromatic carbocycles. The van der Waals surface area contributed by atoms with Gasteiger partial charge in [-0.15, -0.1) is 11.3 Å². The molecule has 0 atom stereocenters. The van der Waals surface area contributed by atoms with E-state index in [4.69, 9.17) is 5.11 Å². The Hall–Kier alpha value is -1.46. The maximum atomic E-state index is 10.8. The van der Waals surface area contributed by atoms with Crippen LogP contribution in [0.5, 0.6) is 0 Å². The van der Waals surface area contributed by atoms with E-state index in [0.717, 1.165) is 4.70 Å². The molecule has 0 saturated heterocycles. The van der Waals surface area contributed by atoms with Crippen LogP contribution in [0.15, 0.2) is 24.3 Å². The predicted molar refractivity (Wildman–Crippen MR) is 54.4 cm³/mol. The Bertz CT molecular complexity index is 492. The van der Waals surface area contributed by atoms with Gasteiger partial charge in [-0.1, -0.05) is 12.1 Å². The fourth-order valence-electron chi connectivity index (χ4n) is 1.39. The van der Waals surface area contributed by atoms with Crippen LogP contribution in [0.1, 0.15) is 4.88 Å². The third-order valence-corrected chi connectivity index (χ3v) is 3.11. The van der Waals surface area contributed by atoms with Gasteiger partial charge >= 0.3 is 0 Å². The van der Waals surface area contributed by atoms with Crippen LogP contribution in [-0.4, -0.2) is 10.0 Å². The zero-order valence-electron chi connectivity index (χ0n) is 7.14. The normalized spacial score (nSPS) is 10.6. The fourth-order valence-corrected chi connectivity index (χ4v) is 2.42. The molecule has 5 heteroatoms. The van der Waals surface area contributed by atoms with E-state index in [1.165, 1.54) is 11.3 Å². The summed E-state index contributed by atoms with van der Waals surface area (Å²) in [6.45, 7) is -0.282. The average molecular weight is 209 g/mol. The summed E-state index contributed by atoms with van der Waals surface area (Å²) >= 11 is 1.26. The molecule has 1 N–H and O–H groups in total. The van der Waals surface area contributed by atoms with E-state index in [9.17, 15) is 10.1 Å². The number of nitro groups is 1. The molecule has 0 aliphatic heterocycles. The summed E-state index contributed by atoms with van der Waals surface area (Å²) in [6.07, 6.45) is 0. The number of aliphatic hydroxyl groups excluding tert-OH is 1. The number of hydrogen-bond donors (Lipinski definition) is 1. The minimum absolute atomic E-state index is 0.0353. The molecule has 0 radical (unpaired) electrons. The highest BCUT2D eigenvalue weighted by atomic mass is 32.1. The van der Waals surface area contributed by atoms with E-state index in [0.29, 0.717) is 10.3 Å². The van der Waals surface area contributed by atoms with E-state index in [-0.39, 0.29) is 12.3 Å². The summed E-state index contributed by atoms with van der Waals surface area (Å²) < 4.78 is 0.836. The quantitative estimate of drug-likeness (QED) is 0.609. The van der Waals surface area contributed by atoms with E-state index < -0.39 is 4.92 Å². The number of rotatable bonds is 2. The van der Waals surface area contributed by atoms with Crippen molar-refractivity contribution in [1.82, 2.24) is 0 Å². The molecule has 1 heterocycles. The molecule has 0 aliphatic carbocycles. The summed E-state index contributed by atoms with van der Waals surface area (Å²) in [5, 5.41) is 20.3. The highest BCUT2D eigenvalue weighted by Crippen LogP contribution is 2.36. The van der Waals surface area contributed by atoms with E-state index in [1.54, 1.807) is 12.1 Å². The van der Waals surface area contributed by atoms with Gasteiger partial charge in [-0.3, -0.25) is 10.1 Å². The molecule has 0 spiro atoms. The van der Waals surface area contributed by atoms with E-state index >= 15 is 0 Å². The van der Waals surface area contributed by atoms with Gasteiger partial charge in [0.15, 0.2) is 0 Å². The number of benzene rings is 1. The first-order valence-corrected chi connectivity index (χ1v) is 4.81. The second kappa shape index (κ2) is 3.36. The van der Waals surface area contributed by atoms with Crippen LogP contribution < -0.4 is 0 Å². The molecule has 0 fully saturated rings. The van der Waals surface area contributed by atoms with Crippen LogP contribution >= 0.6 is 11.3 Å². The number of fused-ring (bicyclic) bond motifs is 1. The van der Waals surface area contributed by atoms with Gasteiger partial charge in [0.05, 0.1) is 16.9 Å². The van der Waals surface area contributed by atoms with Gasteiger partial charge in [0.25, 0.3) is 5.69 Å². The molecule has 0 aliphatic rings. The van der Waals surface area contributed by atoms with Gasteiger partial charge in [0.1, 0.15) is 4.88 Å². The van der Waals surface area contributed by atoms with Crippen molar-refractivity contribution in [3.05, 3.63) is 39.3 Å². The highest BCUT2D eigenvalue weighted by molar-refractivity contribution is 7.19. The molecule has 0 saturated carbocycles. The van der Waals surface area contributed by atoms with Gasteiger partial charge in [-0.2, -0.15) is 0 Å². The Morgan fingerprint density at radius 3 is 2.79 bits per heavy atom. The van der Waals surface area contributed by atoms with Gasteiger partial charge in [0.2, 0.25) is 0 Å². The van der Waals surface area contributed by atoms with Crippen molar-refractivity contribution in [2.24, 2.45) is 0 Å². The lowest BCUT2D eigenvalue weighted by Gasteiger charge is -1.90. The Morgan fingerprint density at radius 2 is 2.14 bits per heavy atom. The van der Waals surface area contributed by atoms with Crippen LogP contribution in [0.4, 0.5) is 5.69 Å². The monoisotopic (exact) mass is 209 g/mol. The molecule has 0 amide bonds. The van der Waals surface area contributed by atoms with Crippen LogP contribution in [0, 0.1) is 10.1 Å². The second-order valence-corrected chi connectivity index (χ2v) is 3.92. The molecule has 2 aromatic rings. The van der Waals surface area contributed by atoms with Gasteiger partial charge in [-0.25, -0.2) is 0 Å². The van der Waals surface area contributed by atoms with Gasteiger partial charge in [-0.05, 0) is 12.1 Å². The molecule has 0 unspecified atom stereocenters. The van der Waals surface area contributed by atoms with E-state index in [1.807, 2.05) is 12.1 Å². The Labute approximate surface area is 83.6 Å². The lowest BCUT2D eigenvalue weighted by Crippen LogP contribution is -1.90. The molecule has 0 bridgehead atoms. The lowest BCUT2D eigenvalue weighted by atomic mass is 10.2. The third-order valence-electron chi connectivity index (χ3n) is 1.97. The van der Waals surface area contributed by atoms with Crippen molar-refractivity contribution in [2.45, 2.75) is 6.61 Å². The number of nitrogens with zero attached hydrogens (tertiary/aromatic N) is 1. The van der Waals surface area contributed by atoms with Crippen LogP contribution in [0.3, 0.4) is 0 Å². The topological polar surface area (TPSA) is 63.4 Å². The fraction of sp³-hybridized carbons (Fsp3) is 0.111. The standard InChI is InChI=1S/C9H7NO3S/c11-5-8-9(10(12)13)6-3-1-2-4-7(6)14-8/h1-4,11H,5H2. The van der Waals surface area contributed by atoms with Gasteiger partial charge < -0.3 is 5.11 Å². The first kappa shape index (κ1) is 9.11. The first-order valence-electron chi connectivity index (χ1n) is 3.99. The number of thiophene rings is 1. The zero-order chi connectivity index (χ0) is 10.1. The molecule has 2 rings (SSSR count). The smallest absolute Gasteiger partial charge is 0.293 e. The van der Waals surface area contributed by atoms with Crippen LogP contribution in [-0.2, 0) is 6.61 Å². The number of hydrogen-bond acceptors (Lipinski definition) is 4. The third kappa shape index (κ3) is 1.26. The summed E-state index contributed by atoms with van der Waals surface area (Å²) in [6, 6.07) is 7.09. The van der Waals surface area contributed by atoms with Crippen molar-refractivity contribution in [3.63, 3.8) is 0 Å². The Kier molecular flexibility index (Phi) is 2.18. The van der Waals surface area contributed by atoms with Crippen molar-refractivity contribution in [1.29, 1.82) is 0 Å². The second-order valence-electron chi connectivity index (χ2n) is 2.79. The predicted octanol–water partition coefficient (Wildman–Crippen LogP) is 2.30. The lowest BCUT2D eigenvalue weighted by molar-refractivity contribution is -0.383.